The van der Waals surface area contributed by atoms with Crippen molar-refractivity contribution in [3.05, 3.63) is 57.3 Å². The monoisotopic (exact) mass is 984 g/mol. The second-order valence-electron chi connectivity index (χ2n) is 14.2. The molecule has 0 radical (unpaired) electrons. The number of esters is 6. The Morgan fingerprint density at radius 3 is 1.10 bits per heavy atom. The third-order valence-corrected chi connectivity index (χ3v) is 11.6. The third-order valence-electron chi connectivity index (χ3n) is 9.57. The summed E-state index contributed by atoms with van der Waals surface area (Å²) in [6.45, 7) is 10.0. The first-order chi connectivity index (χ1) is 32.2. The molecule has 4 aromatic rings. The summed E-state index contributed by atoms with van der Waals surface area (Å²) < 4.78 is 54.4. The van der Waals surface area contributed by atoms with Crippen LogP contribution in [0.15, 0.2) is 36.4 Å². The van der Waals surface area contributed by atoms with Crippen LogP contribution in [0.5, 0.6) is 23.0 Å². The molecule has 0 fully saturated rings. The highest BCUT2D eigenvalue weighted by Gasteiger charge is 2.50. The summed E-state index contributed by atoms with van der Waals surface area (Å²) in [5.41, 5.74) is 1.34. The quantitative estimate of drug-likeness (QED) is 0.0672. The first-order valence-electron chi connectivity index (χ1n) is 20.6. The first-order valence-corrected chi connectivity index (χ1v) is 22.2. The Labute approximate surface area is 399 Å². The van der Waals surface area contributed by atoms with E-state index in [-0.39, 0.29) is 34.3 Å². The predicted octanol–water partition coefficient (Wildman–Crippen LogP) is 6.45. The predicted molar refractivity (Wildman–Crippen MR) is 247 cm³/mol. The zero-order valence-corrected chi connectivity index (χ0v) is 41.0. The van der Waals surface area contributed by atoms with Crippen LogP contribution < -0.4 is 29.6 Å². The number of ether oxygens (including phenoxy) is 10. The smallest absolute Gasteiger partial charge is 0.341 e. The maximum absolute atomic E-state index is 14.6. The van der Waals surface area contributed by atoms with Gasteiger partial charge in [-0.3, -0.25) is 28.8 Å². The van der Waals surface area contributed by atoms with Crippen molar-refractivity contribution in [2.45, 2.75) is 79.8 Å². The van der Waals surface area contributed by atoms with Crippen molar-refractivity contribution in [2.24, 2.45) is 0 Å². The Morgan fingerprint density at radius 1 is 0.500 bits per heavy atom. The molecular weight excluding hydrogens is 933 g/mol. The molecule has 0 saturated heterocycles. The molecule has 2 heterocycles. The molecule has 4 rings (SSSR count). The fraction of sp³-hybridized carbons (Fsp3) is 0.391. The highest BCUT2D eigenvalue weighted by molar-refractivity contribution is 7.17. The van der Waals surface area contributed by atoms with E-state index in [9.17, 15) is 38.4 Å². The van der Waals surface area contributed by atoms with Crippen LogP contribution >= 0.6 is 22.7 Å². The molecule has 0 aliphatic heterocycles. The fourth-order valence-electron chi connectivity index (χ4n) is 6.99. The zero-order chi connectivity index (χ0) is 50.6. The molecule has 4 unspecified atom stereocenters. The summed E-state index contributed by atoms with van der Waals surface area (Å²) in [5, 5.41) is 4.89. The molecule has 2 N–H and O–H groups in total. The highest BCUT2D eigenvalue weighted by Crippen LogP contribution is 2.45. The number of rotatable bonds is 21. The number of carbonyl (C=O) groups is 8. The van der Waals surface area contributed by atoms with Crippen LogP contribution in [0.4, 0.5) is 10.0 Å². The van der Waals surface area contributed by atoms with Crippen molar-refractivity contribution in [1.29, 1.82) is 0 Å². The fourth-order valence-corrected chi connectivity index (χ4v) is 9.12. The van der Waals surface area contributed by atoms with Gasteiger partial charge in [0.25, 0.3) is 11.8 Å². The number of aryl methyl sites for hydroxylation is 2. The van der Waals surface area contributed by atoms with Crippen LogP contribution in [-0.2, 0) is 57.2 Å². The third kappa shape index (κ3) is 12.6. The topological polar surface area (TPSA) is 253 Å². The van der Waals surface area contributed by atoms with Gasteiger partial charge in [0.2, 0.25) is 12.2 Å². The van der Waals surface area contributed by atoms with Crippen molar-refractivity contribution < 1.29 is 85.7 Å². The number of hydrogen-bond acceptors (Lipinski definition) is 20. The summed E-state index contributed by atoms with van der Waals surface area (Å²) in [4.78, 5) is 109. The van der Waals surface area contributed by atoms with Gasteiger partial charge in [-0.2, -0.15) is 0 Å². The number of nitrogens with one attached hydrogen (secondary N) is 2. The minimum Gasteiger partial charge on any atom is -0.493 e. The van der Waals surface area contributed by atoms with Crippen LogP contribution in [-0.4, -0.2) is 114 Å². The van der Waals surface area contributed by atoms with Crippen LogP contribution in [0.25, 0.3) is 22.3 Å². The van der Waals surface area contributed by atoms with Gasteiger partial charge in [0.05, 0.1) is 41.7 Å². The molecule has 2 aromatic heterocycles. The molecule has 0 saturated carbocycles. The number of methoxy groups -OCH3 is 4. The molecule has 22 heteroatoms. The summed E-state index contributed by atoms with van der Waals surface area (Å²) >= 11 is 1.87. The zero-order valence-electron chi connectivity index (χ0n) is 39.4. The first kappa shape index (κ1) is 53.4. The van der Waals surface area contributed by atoms with E-state index in [1.54, 1.807) is 64.1 Å². The lowest BCUT2D eigenvalue weighted by Gasteiger charge is -2.34. The van der Waals surface area contributed by atoms with Gasteiger partial charge in [-0.25, -0.2) is 9.59 Å². The Hall–Kier alpha value is -7.20. The Balaban J connectivity index is 1.90. The Kier molecular flexibility index (Phi) is 18.9. The average molecular weight is 985 g/mol. The standard InChI is InChI=1S/C46H52N2O18S2/c1-13-61-45(55)35-33(27-15-17-29(57-9)31(19-27)59-11)21(3)67-43(35)47-41(53)39(65-25(7)51)37(63-23(5)49)38(64-24(6)50)40(66-26(8)52)42(54)48-44-36(46(56)62-14-2)34(22(4)68-44)28-16-18-30(58-10)32(20-28)60-12/h15-20,37-40H,13-14H2,1-12H3,(H,47,53)(H,48,54). The molecule has 20 nitrogen and oxygen atoms in total. The molecule has 68 heavy (non-hydrogen) atoms. The van der Waals surface area contributed by atoms with Gasteiger partial charge in [-0.05, 0) is 63.1 Å². The summed E-state index contributed by atoms with van der Waals surface area (Å²) in [7, 11) is 5.75. The van der Waals surface area contributed by atoms with Gasteiger partial charge in [0, 0.05) is 48.6 Å². The minimum atomic E-state index is -2.29. The normalized spacial score (nSPS) is 12.5. The van der Waals surface area contributed by atoms with Crippen molar-refractivity contribution in [3.8, 4) is 45.3 Å². The molecule has 366 valence electrons. The molecule has 4 atom stereocenters. The summed E-state index contributed by atoms with van der Waals surface area (Å²) in [5.74, 6) is -7.30. The van der Waals surface area contributed by atoms with E-state index in [4.69, 9.17) is 47.4 Å². The van der Waals surface area contributed by atoms with Gasteiger partial charge < -0.3 is 58.0 Å². The second kappa shape index (κ2) is 24.0. The van der Waals surface area contributed by atoms with Crippen molar-refractivity contribution in [1.82, 2.24) is 0 Å². The summed E-state index contributed by atoms with van der Waals surface area (Å²) in [6, 6.07) is 9.73. The molecule has 0 bridgehead atoms. The lowest BCUT2D eigenvalue weighted by molar-refractivity contribution is -0.198. The second-order valence-corrected chi connectivity index (χ2v) is 16.7. The number of benzene rings is 2. The molecule has 0 aliphatic carbocycles. The van der Waals surface area contributed by atoms with E-state index in [1.165, 1.54) is 28.4 Å². The summed E-state index contributed by atoms with van der Waals surface area (Å²) in [6.07, 6.45) is -9.07. The molecule has 2 aromatic carbocycles. The number of carbonyl (C=O) groups excluding carboxylic acids is 8. The van der Waals surface area contributed by atoms with Gasteiger partial charge in [0.1, 0.15) is 21.1 Å². The number of thiophene rings is 2. The van der Waals surface area contributed by atoms with Gasteiger partial charge in [0.15, 0.2) is 35.2 Å². The Bertz CT molecular complexity index is 2390. The maximum atomic E-state index is 14.6. The SMILES string of the molecule is CCOC(=O)c1c(NC(=O)C(OC(C)=O)C(OC(C)=O)C(OC(C)=O)C(OC(C)=O)C(=O)Nc2sc(C)c(-c3ccc(OC)c(OC)c3)c2C(=O)OCC)sc(C)c1-c1ccc(OC)c(OC)c1. The van der Waals surface area contributed by atoms with E-state index in [0.717, 1.165) is 50.4 Å². The van der Waals surface area contributed by atoms with Crippen LogP contribution in [0.3, 0.4) is 0 Å². The van der Waals surface area contributed by atoms with E-state index in [2.05, 4.69) is 10.6 Å². The lowest BCUT2D eigenvalue weighted by Crippen LogP contribution is -2.57. The van der Waals surface area contributed by atoms with Crippen molar-refractivity contribution in [2.75, 3.05) is 52.3 Å². The maximum Gasteiger partial charge on any atom is 0.341 e. The highest BCUT2D eigenvalue weighted by atomic mass is 32.1. The minimum absolute atomic E-state index is 0.0649. The molecule has 0 aliphatic rings. The number of hydrogen-bond donors (Lipinski definition) is 2. The molecular formula is C46H52N2O18S2. The van der Waals surface area contributed by atoms with Crippen LogP contribution in [0.1, 0.15) is 72.0 Å². The van der Waals surface area contributed by atoms with E-state index >= 15 is 0 Å². The van der Waals surface area contributed by atoms with Crippen LogP contribution in [0.2, 0.25) is 0 Å². The van der Waals surface area contributed by atoms with E-state index < -0.39 is 72.0 Å². The Morgan fingerprint density at radius 2 is 0.824 bits per heavy atom. The van der Waals surface area contributed by atoms with Crippen LogP contribution in [0, 0.1) is 13.8 Å². The van der Waals surface area contributed by atoms with Gasteiger partial charge in [-0.1, -0.05) is 12.1 Å². The lowest BCUT2D eigenvalue weighted by atomic mass is 9.99. The molecule has 0 spiro atoms. The van der Waals surface area contributed by atoms with Crippen molar-refractivity contribution >= 4 is 80.3 Å². The number of amides is 2. The van der Waals surface area contributed by atoms with E-state index in [1.807, 2.05) is 0 Å². The largest absolute Gasteiger partial charge is 0.493 e. The van der Waals surface area contributed by atoms with Gasteiger partial charge in [-0.15, -0.1) is 22.7 Å². The number of anilines is 2. The van der Waals surface area contributed by atoms with E-state index in [0.29, 0.717) is 55.0 Å². The van der Waals surface area contributed by atoms with Gasteiger partial charge >= 0.3 is 35.8 Å². The molecule has 2 amide bonds. The average Bonchev–Trinajstić information content (AvgIpc) is 3.79. The van der Waals surface area contributed by atoms with Crippen molar-refractivity contribution in [3.63, 3.8) is 0 Å².